The van der Waals surface area contributed by atoms with Crippen LogP contribution < -0.4 is 10.1 Å². The van der Waals surface area contributed by atoms with Gasteiger partial charge in [0.25, 0.3) is 0 Å². The van der Waals surface area contributed by atoms with Crippen LogP contribution in [0.15, 0.2) is 48.7 Å². The van der Waals surface area contributed by atoms with Crippen LogP contribution in [-0.4, -0.2) is 42.5 Å². The fourth-order valence-corrected chi connectivity index (χ4v) is 4.04. The molecule has 0 bridgehead atoms. The summed E-state index contributed by atoms with van der Waals surface area (Å²) in [6.07, 6.45) is 4.73. The van der Waals surface area contributed by atoms with Crippen molar-refractivity contribution in [2.45, 2.75) is 25.3 Å². The molecule has 0 aliphatic carbocycles. The molecule has 1 atom stereocenters. The Morgan fingerprint density at radius 1 is 1.19 bits per heavy atom. The zero-order valence-corrected chi connectivity index (χ0v) is 15.3. The van der Waals surface area contributed by atoms with E-state index >= 15 is 0 Å². The Kier molecular flexibility index (Phi) is 5.53. The molecule has 26 heavy (non-hydrogen) atoms. The summed E-state index contributed by atoms with van der Waals surface area (Å²) in [4.78, 5) is 16.7. The second-order valence-electron chi connectivity index (χ2n) is 6.17. The minimum atomic E-state index is -3.42. The van der Waals surface area contributed by atoms with Gasteiger partial charge in [0.05, 0.1) is 18.1 Å². The van der Waals surface area contributed by atoms with E-state index in [9.17, 15) is 13.2 Å². The van der Waals surface area contributed by atoms with E-state index in [4.69, 9.17) is 4.74 Å². The highest BCUT2D eigenvalue weighted by atomic mass is 32.2. The van der Waals surface area contributed by atoms with Crippen LogP contribution in [0.5, 0.6) is 11.6 Å². The summed E-state index contributed by atoms with van der Waals surface area (Å²) in [5, 5.41) is 2.74. The lowest BCUT2D eigenvalue weighted by Crippen LogP contribution is -2.49. The molecular weight excluding hydrogens is 354 g/mol. The fourth-order valence-electron chi connectivity index (χ4n) is 2.91. The Labute approximate surface area is 153 Å². The van der Waals surface area contributed by atoms with Crippen molar-refractivity contribution in [3.63, 3.8) is 0 Å². The number of para-hydroxylation sites is 1. The number of hydrogen-bond acceptors (Lipinski definition) is 5. The molecule has 1 aromatic heterocycles. The number of aromatic nitrogens is 1. The molecular formula is C18H21N3O4S. The first kappa shape index (κ1) is 18.3. The van der Waals surface area contributed by atoms with Crippen LogP contribution in [0, 0.1) is 0 Å². The molecule has 0 saturated carbocycles. The van der Waals surface area contributed by atoms with Gasteiger partial charge in [-0.25, -0.2) is 13.4 Å². The third-order valence-electron chi connectivity index (χ3n) is 4.15. The smallest absolute Gasteiger partial charge is 0.242 e. The fraction of sp³-hybridized carbons (Fsp3) is 0.333. The zero-order chi connectivity index (χ0) is 18.6. The van der Waals surface area contributed by atoms with Crippen molar-refractivity contribution < 1.29 is 17.9 Å². The van der Waals surface area contributed by atoms with Crippen LogP contribution in [-0.2, 0) is 14.8 Å². The highest BCUT2D eigenvalue weighted by Gasteiger charge is 2.34. The third kappa shape index (κ3) is 4.59. The Hall–Kier alpha value is -2.45. The number of sulfonamides is 1. The quantitative estimate of drug-likeness (QED) is 0.868. The molecule has 2 heterocycles. The van der Waals surface area contributed by atoms with Crippen molar-refractivity contribution in [2.75, 3.05) is 18.1 Å². The molecule has 7 nitrogen and oxygen atoms in total. The zero-order valence-electron chi connectivity index (χ0n) is 14.5. The highest BCUT2D eigenvalue weighted by molar-refractivity contribution is 7.88. The number of carbonyl (C=O) groups excluding carboxylic acids is 1. The molecule has 1 amide bonds. The predicted octanol–water partition coefficient (Wildman–Crippen LogP) is 2.63. The van der Waals surface area contributed by atoms with Gasteiger partial charge in [0.1, 0.15) is 11.8 Å². The minimum absolute atomic E-state index is 0.339. The summed E-state index contributed by atoms with van der Waals surface area (Å²) in [6.45, 7) is 0.374. The Morgan fingerprint density at radius 3 is 2.62 bits per heavy atom. The van der Waals surface area contributed by atoms with E-state index < -0.39 is 16.1 Å². The van der Waals surface area contributed by atoms with Crippen LogP contribution in [0.2, 0.25) is 0 Å². The van der Waals surface area contributed by atoms with Crippen molar-refractivity contribution in [3.8, 4) is 11.6 Å². The number of pyridine rings is 1. The maximum absolute atomic E-state index is 12.5. The lowest BCUT2D eigenvalue weighted by Gasteiger charge is -2.32. The van der Waals surface area contributed by atoms with Crippen LogP contribution in [0.3, 0.4) is 0 Å². The van der Waals surface area contributed by atoms with E-state index in [-0.39, 0.29) is 5.91 Å². The lowest BCUT2D eigenvalue weighted by molar-refractivity contribution is -0.120. The Balaban J connectivity index is 1.65. The van der Waals surface area contributed by atoms with Crippen molar-refractivity contribution in [3.05, 3.63) is 48.7 Å². The van der Waals surface area contributed by atoms with E-state index in [0.717, 1.165) is 19.1 Å². The van der Waals surface area contributed by atoms with Crippen molar-refractivity contribution >= 4 is 21.6 Å². The molecule has 1 saturated heterocycles. The molecule has 1 N–H and O–H groups in total. The van der Waals surface area contributed by atoms with Gasteiger partial charge in [0.15, 0.2) is 0 Å². The molecule has 2 aromatic rings. The van der Waals surface area contributed by atoms with E-state index in [1.54, 1.807) is 12.1 Å². The Bertz CT molecular complexity index is 854. The summed E-state index contributed by atoms with van der Waals surface area (Å²) >= 11 is 0. The predicted molar refractivity (Wildman–Crippen MR) is 98.6 cm³/mol. The lowest BCUT2D eigenvalue weighted by atomic mass is 10.0. The highest BCUT2D eigenvalue weighted by Crippen LogP contribution is 2.23. The molecule has 8 heteroatoms. The number of ether oxygens (including phenoxy) is 1. The third-order valence-corrected chi connectivity index (χ3v) is 5.44. The number of amides is 1. The van der Waals surface area contributed by atoms with Crippen molar-refractivity contribution in [1.29, 1.82) is 0 Å². The second kappa shape index (κ2) is 7.84. The van der Waals surface area contributed by atoms with Crippen LogP contribution >= 0.6 is 0 Å². The molecule has 0 unspecified atom stereocenters. The van der Waals surface area contributed by atoms with E-state index in [2.05, 4.69) is 10.3 Å². The summed E-state index contributed by atoms with van der Waals surface area (Å²) in [5.74, 6) is 0.737. The number of piperidine rings is 1. The molecule has 3 rings (SSSR count). The van der Waals surface area contributed by atoms with Crippen LogP contribution in [0.4, 0.5) is 5.69 Å². The van der Waals surface area contributed by atoms with E-state index in [1.807, 2.05) is 30.3 Å². The molecule has 1 aliphatic rings. The van der Waals surface area contributed by atoms with Gasteiger partial charge in [-0.3, -0.25) is 4.79 Å². The summed E-state index contributed by atoms with van der Waals surface area (Å²) < 4.78 is 30.7. The van der Waals surface area contributed by atoms with Crippen LogP contribution in [0.25, 0.3) is 0 Å². The van der Waals surface area contributed by atoms with Gasteiger partial charge in [0, 0.05) is 12.6 Å². The number of rotatable bonds is 5. The molecule has 1 aromatic carbocycles. The van der Waals surface area contributed by atoms with Gasteiger partial charge in [-0.2, -0.15) is 4.31 Å². The van der Waals surface area contributed by atoms with Gasteiger partial charge in [-0.05, 0) is 31.0 Å². The van der Waals surface area contributed by atoms with Crippen molar-refractivity contribution in [1.82, 2.24) is 9.29 Å². The first-order valence-electron chi connectivity index (χ1n) is 8.40. The molecule has 138 valence electrons. The van der Waals surface area contributed by atoms with Gasteiger partial charge >= 0.3 is 0 Å². The monoisotopic (exact) mass is 375 g/mol. The number of hydrogen-bond donors (Lipinski definition) is 1. The SMILES string of the molecule is CS(=O)(=O)N1CCCC[C@@H]1C(=O)Nc1ccc(Oc2ccccc2)nc1. The maximum Gasteiger partial charge on any atom is 0.242 e. The minimum Gasteiger partial charge on any atom is -0.439 e. The van der Waals surface area contributed by atoms with E-state index in [0.29, 0.717) is 30.3 Å². The number of benzene rings is 1. The first-order valence-corrected chi connectivity index (χ1v) is 10.2. The molecule has 1 fully saturated rings. The Morgan fingerprint density at radius 2 is 1.96 bits per heavy atom. The standard InChI is InChI=1S/C18H21N3O4S/c1-26(23,24)21-12-6-5-9-16(21)18(22)20-14-10-11-17(19-13-14)25-15-7-3-2-4-8-15/h2-4,7-8,10-11,13,16H,5-6,9,12H2,1H3,(H,20,22)/t16-/m1/s1. The summed E-state index contributed by atoms with van der Waals surface area (Å²) in [7, 11) is -3.42. The topological polar surface area (TPSA) is 88.6 Å². The van der Waals surface area contributed by atoms with E-state index in [1.165, 1.54) is 10.5 Å². The first-order chi connectivity index (χ1) is 12.4. The van der Waals surface area contributed by atoms with Crippen molar-refractivity contribution in [2.24, 2.45) is 0 Å². The largest absolute Gasteiger partial charge is 0.439 e. The van der Waals surface area contributed by atoms with Gasteiger partial charge in [-0.15, -0.1) is 0 Å². The van der Waals surface area contributed by atoms with Gasteiger partial charge in [0.2, 0.25) is 21.8 Å². The number of carbonyl (C=O) groups is 1. The average Bonchev–Trinajstić information content (AvgIpc) is 2.63. The van der Waals surface area contributed by atoms with Crippen LogP contribution in [0.1, 0.15) is 19.3 Å². The number of anilines is 1. The van der Waals surface area contributed by atoms with Gasteiger partial charge < -0.3 is 10.1 Å². The average molecular weight is 375 g/mol. The normalized spacial score (nSPS) is 18.3. The van der Waals surface area contributed by atoms with Gasteiger partial charge in [-0.1, -0.05) is 24.6 Å². The number of nitrogens with zero attached hydrogens (tertiary/aromatic N) is 2. The maximum atomic E-state index is 12.5. The second-order valence-corrected chi connectivity index (χ2v) is 8.11. The molecule has 0 spiro atoms. The summed E-state index contributed by atoms with van der Waals surface area (Å²) in [6, 6.07) is 11.9. The molecule has 0 radical (unpaired) electrons. The summed E-state index contributed by atoms with van der Waals surface area (Å²) in [5.41, 5.74) is 0.495. The molecule has 1 aliphatic heterocycles. The number of nitrogens with one attached hydrogen (secondary N) is 1.